The van der Waals surface area contributed by atoms with Crippen molar-refractivity contribution in [2.45, 2.75) is 25.3 Å². The molecule has 0 spiro atoms. The molecule has 1 aromatic carbocycles. The SMILES string of the molecule is NC(CCCc1cccs1)c1cc2cc(Cl)ccc2o1. The first-order chi connectivity index (χ1) is 9.72. The number of hydrogen-bond donors (Lipinski definition) is 1. The van der Waals surface area contributed by atoms with Crippen LogP contribution in [-0.2, 0) is 6.42 Å². The Morgan fingerprint density at radius 2 is 2.15 bits per heavy atom. The topological polar surface area (TPSA) is 39.2 Å². The summed E-state index contributed by atoms with van der Waals surface area (Å²) in [5, 5.41) is 3.84. The molecule has 0 bridgehead atoms. The minimum atomic E-state index is -0.0545. The number of hydrogen-bond acceptors (Lipinski definition) is 3. The lowest BCUT2D eigenvalue weighted by Crippen LogP contribution is -2.09. The molecule has 1 unspecified atom stereocenters. The van der Waals surface area contributed by atoms with Crippen LogP contribution in [0, 0.1) is 0 Å². The van der Waals surface area contributed by atoms with Crippen LogP contribution in [0.5, 0.6) is 0 Å². The zero-order valence-electron chi connectivity index (χ0n) is 11.0. The molecule has 1 atom stereocenters. The number of furan rings is 1. The summed E-state index contributed by atoms with van der Waals surface area (Å²) in [7, 11) is 0. The van der Waals surface area contributed by atoms with Gasteiger partial charge in [-0.05, 0) is 55.0 Å². The van der Waals surface area contributed by atoms with Gasteiger partial charge in [-0.15, -0.1) is 11.3 Å². The summed E-state index contributed by atoms with van der Waals surface area (Å²) in [4.78, 5) is 1.41. The second-order valence-electron chi connectivity index (χ2n) is 4.91. The highest BCUT2D eigenvalue weighted by Gasteiger charge is 2.12. The number of fused-ring (bicyclic) bond motifs is 1. The normalized spacial score (nSPS) is 12.9. The van der Waals surface area contributed by atoms with Crippen LogP contribution in [0.4, 0.5) is 0 Å². The summed E-state index contributed by atoms with van der Waals surface area (Å²) in [6.07, 6.45) is 3.07. The minimum absolute atomic E-state index is 0.0545. The van der Waals surface area contributed by atoms with E-state index < -0.39 is 0 Å². The second kappa shape index (κ2) is 6.00. The average Bonchev–Trinajstić information content (AvgIpc) is 3.06. The highest BCUT2D eigenvalue weighted by atomic mass is 35.5. The van der Waals surface area contributed by atoms with Crippen molar-refractivity contribution in [3.63, 3.8) is 0 Å². The highest BCUT2D eigenvalue weighted by Crippen LogP contribution is 2.27. The van der Waals surface area contributed by atoms with Gasteiger partial charge in [0.1, 0.15) is 11.3 Å². The first-order valence-corrected chi connectivity index (χ1v) is 7.95. The van der Waals surface area contributed by atoms with Crippen molar-refractivity contribution in [1.82, 2.24) is 0 Å². The van der Waals surface area contributed by atoms with Gasteiger partial charge in [-0.1, -0.05) is 17.7 Å². The van der Waals surface area contributed by atoms with Gasteiger partial charge in [0.05, 0.1) is 6.04 Å². The Labute approximate surface area is 127 Å². The number of benzene rings is 1. The first kappa shape index (κ1) is 13.7. The third-order valence-corrected chi connectivity index (χ3v) is 4.55. The molecule has 0 amide bonds. The zero-order chi connectivity index (χ0) is 13.9. The number of aryl methyl sites for hydroxylation is 1. The molecule has 0 aliphatic carbocycles. The molecule has 104 valence electrons. The maximum Gasteiger partial charge on any atom is 0.134 e. The van der Waals surface area contributed by atoms with E-state index in [0.29, 0.717) is 0 Å². The van der Waals surface area contributed by atoms with E-state index in [4.69, 9.17) is 21.8 Å². The Morgan fingerprint density at radius 1 is 1.25 bits per heavy atom. The van der Waals surface area contributed by atoms with Crippen molar-refractivity contribution in [2.24, 2.45) is 5.73 Å². The van der Waals surface area contributed by atoms with Crippen LogP contribution in [0.3, 0.4) is 0 Å². The van der Waals surface area contributed by atoms with Gasteiger partial charge in [-0.25, -0.2) is 0 Å². The minimum Gasteiger partial charge on any atom is -0.459 e. The van der Waals surface area contributed by atoms with Gasteiger partial charge in [0.15, 0.2) is 0 Å². The molecule has 0 saturated carbocycles. The Kier molecular flexibility index (Phi) is 4.10. The fraction of sp³-hybridized carbons (Fsp3) is 0.250. The summed E-state index contributed by atoms with van der Waals surface area (Å²) in [6, 6.07) is 11.8. The van der Waals surface area contributed by atoms with Gasteiger partial charge >= 0.3 is 0 Å². The van der Waals surface area contributed by atoms with Crippen LogP contribution in [0.2, 0.25) is 5.02 Å². The van der Waals surface area contributed by atoms with Crippen molar-refractivity contribution in [3.05, 3.63) is 57.4 Å². The lowest BCUT2D eigenvalue weighted by atomic mass is 10.1. The van der Waals surface area contributed by atoms with Crippen molar-refractivity contribution in [2.75, 3.05) is 0 Å². The second-order valence-corrected chi connectivity index (χ2v) is 6.38. The molecule has 2 nitrogen and oxygen atoms in total. The average molecular weight is 306 g/mol. The molecule has 0 saturated heterocycles. The lowest BCUT2D eigenvalue weighted by Gasteiger charge is -2.07. The van der Waals surface area contributed by atoms with E-state index in [1.54, 1.807) is 11.3 Å². The number of halogens is 1. The molecule has 2 N–H and O–H groups in total. The summed E-state index contributed by atoms with van der Waals surface area (Å²) in [5.41, 5.74) is 7.06. The lowest BCUT2D eigenvalue weighted by molar-refractivity contribution is 0.470. The van der Waals surface area contributed by atoms with E-state index in [2.05, 4.69) is 17.5 Å². The largest absolute Gasteiger partial charge is 0.459 e. The Morgan fingerprint density at radius 3 is 2.95 bits per heavy atom. The van der Waals surface area contributed by atoms with Crippen LogP contribution in [0.1, 0.15) is 29.5 Å². The predicted octanol–water partition coefficient (Wildman–Crippen LogP) is 5.17. The van der Waals surface area contributed by atoms with Gasteiger partial charge in [0.25, 0.3) is 0 Å². The van der Waals surface area contributed by atoms with Crippen LogP contribution in [0.25, 0.3) is 11.0 Å². The monoisotopic (exact) mass is 305 g/mol. The van der Waals surface area contributed by atoms with E-state index in [0.717, 1.165) is 41.0 Å². The summed E-state index contributed by atoms with van der Waals surface area (Å²) < 4.78 is 5.79. The zero-order valence-corrected chi connectivity index (χ0v) is 12.6. The Hall–Kier alpha value is -1.29. The van der Waals surface area contributed by atoms with Crippen LogP contribution in [0.15, 0.2) is 46.2 Å². The van der Waals surface area contributed by atoms with Crippen molar-refractivity contribution in [3.8, 4) is 0 Å². The van der Waals surface area contributed by atoms with Gasteiger partial charge in [0.2, 0.25) is 0 Å². The van der Waals surface area contributed by atoms with Gasteiger partial charge in [0, 0.05) is 15.3 Å². The van der Waals surface area contributed by atoms with E-state index in [1.807, 2.05) is 24.3 Å². The summed E-state index contributed by atoms with van der Waals surface area (Å²) in [6.45, 7) is 0. The molecule has 4 heteroatoms. The Bertz CT molecular complexity index is 690. The fourth-order valence-electron chi connectivity index (χ4n) is 2.31. The van der Waals surface area contributed by atoms with Gasteiger partial charge in [-0.3, -0.25) is 0 Å². The predicted molar refractivity (Wildman–Crippen MR) is 85.4 cm³/mol. The number of thiophene rings is 1. The quantitative estimate of drug-likeness (QED) is 0.706. The van der Waals surface area contributed by atoms with E-state index in [1.165, 1.54) is 4.88 Å². The molecule has 0 radical (unpaired) electrons. The molecule has 2 aromatic heterocycles. The van der Waals surface area contributed by atoms with Crippen molar-refractivity contribution < 1.29 is 4.42 Å². The molecular formula is C16H16ClNOS. The summed E-state index contributed by atoms with van der Waals surface area (Å²) >= 11 is 7.77. The maximum atomic E-state index is 6.21. The van der Waals surface area contributed by atoms with Crippen LogP contribution >= 0.6 is 22.9 Å². The van der Waals surface area contributed by atoms with E-state index in [-0.39, 0.29) is 6.04 Å². The third kappa shape index (κ3) is 3.06. The van der Waals surface area contributed by atoms with Gasteiger partial charge in [-0.2, -0.15) is 0 Å². The molecular weight excluding hydrogens is 290 g/mol. The van der Waals surface area contributed by atoms with Crippen molar-refractivity contribution >= 4 is 33.9 Å². The smallest absolute Gasteiger partial charge is 0.134 e. The molecule has 20 heavy (non-hydrogen) atoms. The summed E-state index contributed by atoms with van der Waals surface area (Å²) in [5.74, 6) is 0.841. The van der Waals surface area contributed by atoms with Crippen LogP contribution in [-0.4, -0.2) is 0 Å². The van der Waals surface area contributed by atoms with Crippen molar-refractivity contribution in [1.29, 1.82) is 0 Å². The van der Waals surface area contributed by atoms with E-state index >= 15 is 0 Å². The molecule has 3 aromatic rings. The first-order valence-electron chi connectivity index (χ1n) is 6.69. The standard InChI is InChI=1S/C16H16ClNOS/c17-12-6-7-15-11(9-12)10-16(19-15)14(18)5-1-3-13-4-2-8-20-13/h2,4,6-10,14H,1,3,5,18H2. The number of rotatable bonds is 5. The fourth-order valence-corrected chi connectivity index (χ4v) is 3.24. The molecule has 0 fully saturated rings. The molecule has 2 heterocycles. The highest BCUT2D eigenvalue weighted by molar-refractivity contribution is 7.09. The van der Waals surface area contributed by atoms with Crippen LogP contribution < -0.4 is 5.73 Å². The van der Waals surface area contributed by atoms with Gasteiger partial charge < -0.3 is 10.2 Å². The molecule has 3 rings (SSSR count). The molecule has 0 aliphatic rings. The molecule has 0 aliphatic heterocycles. The number of nitrogens with two attached hydrogens (primary N) is 1. The van der Waals surface area contributed by atoms with E-state index in [9.17, 15) is 0 Å². The third-order valence-electron chi connectivity index (χ3n) is 3.38. The maximum absolute atomic E-state index is 6.21. The Balaban J connectivity index is 1.64.